The number of morpholine rings is 1. The molecule has 1 aliphatic heterocycles. The fourth-order valence-corrected chi connectivity index (χ4v) is 5.92. The van der Waals surface area contributed by atoms with E-state index < -0.39 is 27.8 Å². The molecule has 3 rings (SSSR count). The quantitative estimate of drug-likeness (QED) is 0.734. The smallest absolute Gasteiger partial charge is 0.373 e. The third-order valence-corrected chi connectivity index (χ3v) is 7.73. The summed E-state index contributed by atoms with van der Waals surface area (Å²) in [5.41, 5.74) is -0.518. The lowest BCUT2D eigenvalue weighted by Gasteiger charge is -2.34. The van der Waals surface area contributed by atoms with Crippen molar-refractivity contribution in [3.05, 3.63) is 28.3 Å². The number of aromatic nitrogens is 1. The lowest BCUT2D eigenvalue weighted by atomic mass is 10.2. The summed E-state index contributed by atoms with van der Waals surface area (Å²) in [4.78, 5) is 16.4. The Hall–Kier alpha value is -1.76. The summed E-state index contributed by atoms with van der Waals surface area (Å²) < 4.78 is 70.5. The van der Waals surface area contributed by atoms with Crippen LogP contribution in [0, 0.1) is 6.92 Å². The minimum Gasteiger partial charge on any atom is -0.373 e. The normalized spacial score (nSPS) is 21.1. The predicted octanol–water partition coefficient (Wildman–Crippen LogP) is 2.79. The van der Waals surface area contributed by atoms with Gasteiger partial charge in [0.25, 0.3) is 5.91 Å². The van der Waals surface area contributed by atoms with Crippen LogP contribution in [0.15, 0.2) is 12.1 Å². The maximum absolute atomic E-state index is 12.9. The molecular weight excluding hydrogens is 443 g/mol. The van der Waals surface area contributed by atoms with E-state index in [4.69, 9.17) is 4.74 Å². The van der Waals surface area contributed by atoms with Gasteiger partial charge in [0.1, 0.15) is 10.5 Å². The van der Waals surface area contributed by atoms with Gasteiger partial charge < -0.3 is 10.1 Å². The molecule has 7 nitrogen and oxygen atoms in total. The highest BCUT2D eigenvalue weighted by molar-refractivity contribution is 7.89. The number of sulfonamides is 1. The monoisotopic (exact) mass is 465 g/mol. The number of thiophene rings is 1. The van der Waals surface area contributed by atoms with Gasteiger partial charge in [0.05, 0.1) is 22.8 Å². The summed E-state index contributed by atoms with van der Waals surface area (Å²) in [6, 6.07) is 2.17. The van der Waals surface area contributed by atoms with Gasteiger partial charge in [-0.25, -0.2) is 13.4 Å². The zero-order chi connectivity index (χ0) is 22.3. The van der Waals surface area contributed by atoms with Crippen LogP contribution in [0.2, 0.25) is 0 Å². The van der Waals surface area contributed by atoms with E-state index in [1.54, 1.807) is 20.8 Å². The van der Waals surface area contributed by atoms with Gasteiger partial charge >= 0.3 is 6.18 Å². The van der Waals surface area contributed by atoms with E-state index in [1.807, 2.05) is 0 Å². The molecule has 2 aromatic heterocycles. The number of pyridine rings is 1. The Balaban J connectivity index is 1.67. The molecule has 0 bridgehead atoms. The summed E-state index contributed by atoms with van der Waals surface area (Å²) >= 11 is 0.849. The molecule has 2 unspecified atom stereocenters. The predicted molar refractivity (Wildman–Crippen MR) is 107 cm³/mol. The Bertz CT molecular complexity index is 1040. The van der Waals surface area contributed by atoms with Gasteiger partial charge in [-0.3, -0.25) is 4.79 Å². The second kappa shape index (κ2) is 8.40. The topological polar surface area (TPSA) is 88.6 Å². The average Bonchev–Trinajstić information content (AvgIpc) is 2.96. The van der Waals surface area contributed by atoms with Crippen LogP contribution in [0.25, 0.3) is 10.2 Å². The van der Waals surface area contributed by atoms with Gasteiger partial charge in [-0.15, -0.1) is 11.3 Å². The molecule has 0 spiro atoms. The molecule has 1 saturated heterocycles. The molecule has 2 atom stereocenters. The molecule has 2 aromatic rings. The van der Waals surface area contributed by atoms with E-state index in [9.17, 15) is 26.4 Å². The number of nitrogens with one attached hydrogen (secondary N) is 1. The Morgan fingerprint density at radius 3 is 2.53 bits per heavy atom. The van der Waals surface area contributed by atoms with E-state index in [2.05, 4.69) is 10.3 Å². The Morgan fingerprint density at radius 2 is 1.93 bits per heavy atom. The number of alkyl halides is 3. The maximum atomic E-state index is 12.9. The van der Waals surface area contributed by atoms with Crippen LogP contribution in [0.5, 0.6) is 0 Å². The van der Waals surface area contributed by atoms with E-state index in [0.717, 1.165) is 17.4 Å². The molecule has 1 amide bonds. The SMILES string of the molecule is Cc1c(C(=O)NCCS(=O)(=O)N2CC(C)OC(C)C2)sc2nc(C(F)(F)F)ccc12. The van der Waals surface area contributed by atoms with Gasteiger partial charge in [-0.1, -0.05) is 0 Å². The molecule has 30 heavy (non-hydrogen) atoms. The number of carbonyl (C=O) groups is 1. The number of halogens is 3. The van der Waals surface area contributed by atoms with E-state index >= 15 is 0 Å². The van der Waals surface area contributed by atoms with Crippen LogP contribution in [0.4, 0.5) is 13.2 Å². The second-order valence-corrected chi connectivity index (χ2v) is 10.3. The highest BCUT2D eigenvalue weighted by Gasteiger charge is 2.33. The molecule has 1 aliphatic rings. The largest absolute Gasteiger partial charge is 0.433 e. The van der Waals surface area contributed by atoms with E-state index in [-0.39, 0.29) is 47.3 Å². The van der Waals surface area contributed by atoms with Crippen molar-refractivity contribution in [1.29, 1.82) is 0 Å². The molecular formula is C18H22F3N3O4S2. The van der Waals surface area contributed by atoms with Crippen molar-refractivity contribution in [3.8, 4) is 0 Å². The first kappa shape index (κ1) is 22.9. The molecule has 0 radical (unpaired) electrons. The molecule has 0 aromatic carbocycles. The fourth-order valence-electron chi connectivity index (χ4n) is 3.33. The lowest BCUT2D eigenvalue weighted by Crippen LogP contribution is -2.49. The third kappa shape index (κ3) is 4.93. The number of hydrogen-bond donors (Lipinski definition) is 1. The van der Waals surface area contributed by atoms with Crippen molar-refractivity contribution in [3.63, 3.8) is 0 Å². The van der Waals surface area contributed by atoms with Crippen LogP contribution in [-0.4, -0.2) is 61.2 Å². The molecule has 166 valence electrons. The van der Waals surface area contributed by atoms with E-state index in [1.165, 1.54) is 10.4 Å². The van der Waals surface area contributed by atoms with Gasteiger partial charge in [-0.2, -0.15) is 17.5 Å². The minimum atomic E-state index is -4.57. The summed E-state index contributed by atoms with van der Waals surface area (Å²) in [5.74, 6) is -0.818. The molecule has 0 saturated carbocycles. The number of fused-ring (bicyclic) bond motifs is 1. The highest BCUT2D eigenvalue weighted by Crippen LogP contribution is 2.34. The Labute approximate surface area is 176 Å². The zero-order valence-electron chi connectivity index (χ0n) is 16.6. The molecule has 1 N–H and O–H groups in total. The maximum Gasteiger partial charge on any atom is 0.433 e. The number of rotatable bonds is 5. The number of aryl methyl sites for hydroxylation is 1. The van der Waals surface area contributed by atoms with Gasteiger partial charge in [-0.05, 0) is 38.5 Å². The van der Waals surface area contributed by atoms with Crippen molar-refractivity contribution in [1.82, 2.24) is 14.6 Å². The van der Waals surface area contributed by atoms with Gasteiger partial charge in [0, 0.05) is 25.0 Å². The van der Waals surface area contributed by atoms with Gasteiger partial charge in [0.2, 0.25) is 10.0 Å². The van der Waals surface area contributed by atoms with Crippen molar-refractivity contribution in [2.24, 2.45) is 0 Å². The second-order valence-electron chi connectivity index (χ2n) is 7.25. The first-order valence-electron chi connectivity index (χ1n) is 9.27. The van der Waals surface area contributed by atoms with Crippen LogP contribution in [-0.2, 0) is 20.9 Å². The van der Waals surface area contributed by atoms with Crippen LogP contribution in [0.3, 0.4) is 0 Å². The number of carbonyl (C=O) groups excluding carboxylic acids is 1. The molecule has 0 aliphatic carbocycles. The van der Waals surface area contributed by atoms with Crippen molar-refractivity contribution in [2.75, 3.05) is 25.4 Å². The number of nitrogens with zero attached hydrogens (tertiary/aromatic N) is 2. The first-order valence-corrected chi connectivity index (χ1v) is 11.7. The number of amides is 1. The molecule has 3 heterocycles. The summed E-state index contributed by atoms with van der Waals surface area (Å²) in [7, 11) is -3.58. The van der Waals surface area contributed by atoms with Crippen LogP contribution in [0.1, 0.15) is 34.8 Å². The summed E-state index contributed by atoms with van der Waals surface area (Å²) in [5, 5.41) is 3.01. The fraction of sp³-hybridized carbons (Fsp3) is 0.556. The van der Waals surface area contributed by atoms with Crippen molar-refractivity contribution >= 4 is 37.5 Å². The molecule has 1 fully saturated rings. The van der Waals surface area contributed by atoms with Crippen LogP contribution < -0.4 is 5.32 Å². The van der Waals surface area contributed by atoms with Gasteiger partial charge in [0.15, 0.2) is 0 Å². The van der Waals surface area contributed by atoms with Crippen molar-refractivity contribution in [2.45, 2.75) is 39.2 Å². The standard InChI is InChI=1S/C18H22F3N3O4S2/c1-10-8-24(9-11(2)28-10)30(26,27)7-6-22-16(25)15-12(3)13-4-5-14(18(19,20)21)23-17(13)29-15/h4-5,10-11H,6-9H2,1-3H3,(H,22,25). The lowest BCUT2D eigenvalue weighted by molar-refractivity contribution is -0.140. The minimum absolute atomic E-state index is 0.108. The zero-order valence-corrected chi connectivity index (χ0v) is 18.2. The first-order chi connectivity index (χ1) is 13.9. The molecule has 12 heteroatoms. The number of hydrogen-bond acceptors (Lipinski definition) is 6. The Morgan fingerprint density at radius 1 is 1.30 bits per heavy atom. The third-order valence-electron chi connectivity index (χ3n) is 4.73. The summed E-state index contributed by atoms with van der Waals surface area (Å²) in [6.07, 6.45) is -5.00. The highest BCUT2D eigenvalue weighted by atomic mass is 32.2. The Kier molecular flexibility index (Phi) is 6.42. The average molecular weight is 466 g/mol. The number of ether oxygens (including phenoxy) is 1. The van der Waals surface area contributed by atoms with Crippen molar-refractivity contribution < 1.29 is 31.1 Å². The summed E-state index contributed by atoms with van der Waals surface area (Å²) in [6.45, 7) is 5.60. The van der Waals surface area contributed by atoms with Crippen LogP contribution >= 0.6 is 11.3 Å². The van der Waals surface area contributed by atoms with E-state index in [0.29, 0.717) is 10.9 Å².